The molecule has 1 aromatic carbocycles. The zero-order valence-electron chi connectivity index (χ0n) is 7.81. The average molecular weight is 215 g/mol. The van der Waals surface area contributed by atoms with Crippen molar-refractivity contribution in [2.45, 2.75) is 12.8 Å². The Balaban J connectivity index is 3.06. The average Bonchev–Trinajstić information content (AvgIpc) is 2.16. The van der Waals surface area contributed by atoms with E-state index in [1.807, 2.05) is 0 Å². The Kier molecular flexibility index (Phi) is 3.56. The fraction of sp³-hybridized carbons (Fsp3) is 0.333. The third kappa shape index (κ3) is 2.63. The number of nitro benzene ring substituents is 1. The topological polar surface area (TPSA) is 83.6 Å². The van der Waals surface area contributed by atoms with Crippen LogP contribution in [0.5, 0.6) is 5.75 Å². The van der Waals surface area contributed by atoms with Gasteiger partial charge in [-0.1, -0.05) is 0 Å². The molecule has 0 fully saturated rings. The first kappa shape index (κ1) is 11.4. The summed E-state index contributed by atoms with van der Waals surface area (Å²) in [6.45, 7) is -0.0926. The van der Waals surface area contributed by atoms with E-state index in [0.717, 1.165) is 6.07 Å². The van der Waals surface area contributed by atoms with E-state index in [9.17, 15) is 19.6 Å². The molecule has 1 rings (SSSR count). The Labute approximate surface area is 84.9 Å². The molecule has 0 amide bonds. The summed E-state index contributed by atoms with van der Waals surface area (Å²) in [5, 5.41) is 28.2. The van der Waals surface area contributed by atoms with Gasteiger partial charge in [0.25, 0.3) is 0 Å². The lowest BCUT2D eigenvalue weighted by atomic mass is 10.1. The first-order valence-corrected chi connectivity index (χ1v) is 4.33. The third-order valence-electron chi connectivity index (χ3n) is 1.95. The SMILES string of the molecule is O=[N+]([O-])c1cc(CCCO)c(O)cc1F. The Hall–Kier alpha value is -1.69. The quantitative estimate of drug-likeness (QED) is 0.586. The highest BCUT2D eigenvalue weighted by Gasteiger charge is 2.17. The number of phenols is 1. The maximum Gasteiger partial charge on any atom is 0.305 e. The molecule has 0 bridgehead atoms. The van der Waals surface area contributed by atoms with Gasteiger partial charge in [0.2, 0.25) is 5.82 Å². The number of halogens is 1. The lowest BCUT2D eigenvalue weighted by Crippen LogP contribution is -1.96. The van der Waals surface area contributed by atoms with Crippen LogP contribution in [0.25, 0.3) is 0 Å². The molecule has 0 atom stereocenters. The molecule has 6 heteroatoms. The zero-order chi connectivity index (χ0) is 11.4. The predicted octanol–water partition coefficient (Wildman–Crippen LogP) is 1.36. The number of hydrogen-bond acceptors (Lipinski definition) is 4. The summed E-state index contributed by atoms with van der Waals surface area (Å²) in [6.07, 6.45) is 0.625. The van der Waals surface area contributed by atoms with Gasteiger partial charge in [-0.25, -0.2) is 0 Å². The highest BCUT2D eigenvalue weighted by atomic mass is 19.1. The molecular formula is C9H10FNO4. The third-order valence-corrected chi connectivity index (χ3v) is 1.95. The molecule has 0 aromatic heterocycles. The number of nitro groups is 1. The van der Waals surface area contributed by atoms with E-state index in [0.29, 0.717) is 12.5 Å². The highest BCUT2D eigenvalue weighted by Crippen LogP contribution is 2.27. The number of hydrogen-bond donors (Lipinski definition) is 2. The summed E-state index contributed by atoms with van der Waals surface area (Å²) in [7, 11) is 0. The van der Waals surface area contributed by atoms with Crippen molar-refractivity contribution in [1.29, 1.82) is 0 Å². The van der Waals surface area contributed by atoms with Crippen LogP contribution in [0.2, 0.25) is 0 Å². The second-order valence-electron chi connectivity index (χ2n) is 3.02. The summed E-state index contributed by atoms with van der Waals surface area (Å²) in [6, 6.07) is 1.70. The standard InChI is InChI=1S/C9H10FNO4/c10-7-5-9(13)6(2-1-3-12)4-8(7)11(14)15/h4-5,12-13H,1-3H2. The molecule has 0 saturated carbocycles. The zero-order valence-corrected chi connectivity index (χ0v) is 7.81. The number of aliphatic hydroxyl groups excluding tert-OH is 1. The van der Waals surface area contributed by atoms with Crippen molar-refractivity contribution in [3.63, 3.8) is 0 Å². The molecule has 1 aromatic rings. The van der Waals surface area contributed by atoms with Crippen LogP contribution in [-0.2, 0) is 6.42 Å². The Morgan fingerprint density at radius 3 is 2.67 bits per heavy atom. The van der Waals surface area contributed by atoms with Gasteiger partial charge in [0.15, 0.2) is 0 Å². The van der Waals surface area contributed by atoms with Crippen LogP contribution in [0.3, 0.4) is 0 Å². The summed E-state index contributed by atoms with van der Waals surface area (Å²) in [5.41, 5.74) is -0.405. The number of phenolic OH excluding ortho intramolecular Hbond substituents is 1. The molecule has 0 radical (unpaired) electrons. The molecule has 5 nitrogen and oxygen atoms in total. The number of rotatable bonds is 4. The molecular weight excluding hydrogens is 205 g/mol. The molecule has 0 heterocycles. The van der Waals surface area contributed by atoms with E-state index in [2.05, 4.69) is 0 Å². The summed E-state index contributed by atoms with van der Waals surface area (Å²) < 4.78 is 13.0. The summed E-state index contributed by atoms with van der Waals surface area (Å²) in [4.78, 5) is 9.54. The highest BCUT2D eigenvalue weighted by molar-refractivity contribution is 5.44. The largest absolute Gasteiger partial charge is 0.508 e. The van der Waals surface area contributed by atoms with Gasteiger partial charge in [-0.05, 0) is 12.8 Å². The summed E-state index contributed by atoms with van der Waals surface area (Å²) in [5.74, 6) is -1.39. The van der Waals surface area contributed by atoms with Crippen LogP contribution >= 0.6 is 0 Å². The van der Waals surface area contributed by atoms with Crippen LogP contribution in [0.15, 0.2) is 12.1 Å². The van der Waals surface area contributed by atoms with Crippen molar-refractivity contribution in [3.8, 4) is 5.75 Å². The van der Waals surface area contributed by atoms with Crippen LogP contribution < -0.4 is 0 Å². The van der Waals surface area contributed by atoms with Gasteiger partial charge in [-0.15, -0.1) is 0 Å². The minimum atomic E-state index is -1.06. The molecule has 15 heavy (non-hydrogen) atoms. The molecule has 2 N–H and O–H groups in total. The van der Waals surface area contributed by atoms with E-state index >= 15 is 0 Å². The van der Waals surface area contributed by atoms with Crippen LogP contribution in [0, 0.1) is 15.9 Å². The number of nitrogens with zero attached hydrogens (tertiary/aromatic N) is 1. The minimum absolute atomic E-state index is 0.0926. The van der Waals surface area contributed by atoms with Crippen LogP contribution in [0.1, 0.15) is 12.0 Å². The van der Waals surface area contributed by atoms with Crippen molar-refractivity contribution in [2.24, 2.45) is 0 Å². The van der Waals surface area contributed by atoms with Gasteiger partial charge < -0.3 is 10.2 Å². The van der Waals surface area contributed by atoms with Gasteiger partial charge >= 0.3 is 5.69 Å². The second-order valence-corrected chi connectivity index (χ2v) is 3.02. The number of benzene rings is 1. The maximum atomic E-state index is 13.0. The Bertz CT molecular complexity index is 381. The van der Waals surface area contributed by atoms with E-state index in [-0.39, 0.29) is 24.3 Å². The van der Waals surface area contributed by atoms with Gasteiger partial charge in [0, 0.05) is 24.3 Å². The fourth-order valence-electron chi connectivity index (χ4n) is 1.20. The number of aryl methyl sites for hydroxylation is 1. The lowest BCUT2D eigenvalue weighted by molar-refractivity contribution is -0.387. The van der Waals surface area contributed by atoms with E-state index < -0.39 is 16.4 Å². The number of aromatic hydroxyl groups is 1. The number of aliphatic hydroxyl groups is 1. The van der Waals surface area contributed by atoms with Crippen molar-refractivity contribution in [3.05, 3.63) is 33.6 Å². The first-order chi connectivity index (χ1) is 7.06. The Morgan fingerprint density at radius 2 is 2.13 bits per heavy atom. The fourth-order valence-corrected chi connectivity index (χ4v) is 1.20. The first-order valence-electron chi connectivity index (χ1n) is 4.33. The molecule has 0 aliphatic heterocycles. The van der Waals surface area contributed by atoms with E-state index in [4.69, 9.17) is 5.11 Å². The minimum Gasteiger partial charge on any atom is -0.508 e. The van der Waals surface area contributed by atoms with Gasteiger partial charge in [-0.2, -0.15) is 4.39 Å². The predicted molar refractivity (Wildman–Crippen MR) is 50.1 cm³/mol. The molecule has 82 valence electrons. The van der Waals surface area contributed by atoms with Gasteiger partial charge in [-0.3, -0.25) is 10.1 Å². The molecule has 0 aliphatic rings. The Morgan fingerprint density at radius 1 is 1.47 bits per heavy atom. The molecule has 0 saturated heterocycles. The van der Waals surface area contributed by atoms with E-state index in [1.165, 1.54) is 0 Å². The van der Waals surface area contributed by atoms with Gasteiger partial charge in [0.1, 0.15) is 5.75 Å². The smallest absolute Gasteiger partial charge is 0.305 e. The molecule has 0 spiro atoms. The maximum absolute atomic E-state index is 13.0. The van der Waals surface area contributed by atoms with Crippen LogP contribution in [0.4, 0.5) is 10.1 Å². The summed E-state index contributed by atoms with van der Waals surface area (Å²) >= 11 is 0. The van der Waals surface area contributed by atoms with Crippen molar-refractivity contribution >= 4 is 5.69 Å². The van der Waals surface area contributed by atoms with Gasteiger partial charge in [0.05, 0.1) is 4.92 Å². The van der Waals surface area contributed by atoms with Crippen LogP contribution in [-0.4, -0.2) is 21.7 Å². The van der Waals surface area contributed by atoms with Crippen molar-refractivity contribution in [1.82, 2.24) is 0 Å². The molecule has 0 unspecified atom stereocenters. The second kappa shape index (κ2) is 4.70. The molecule has 0 aliphatic carbocycles. The monoisotopic (exact) mass is 215 g/mol. The van der Waals surface area contributed by atoms with Crippen molar-refractivity contribution < 1.29 is 19.5 Å². The van der Waals surface area contributed by atoms with Crippen molar-refractivity contribution in [2.75, 3.05) is 6.61 Å². The van der Waals surface area contributed by atoms with E-state index in [1.54, 1.807) is 0 Å². The lowest BCUT2D eigenvalue weighted by Gasteiger charge is -2.03. The normalized spacial score (nSPS) is 10.3.